The lowest BCUT2D eigenvalue weighted by atomic mass is 9.91. The summed E-state index contributed by atoms with van der Waals surface area (Å²) in [5, 5.41) is 13.1. The van der Waals surface area contributed by atoms with Gasteiger partial charge < -0.3 is 10.4 Å². The van der Waals surface area contributed by atoms with Gasteiger partial charge >= 0.3 is 0 Å². The molecule has 0 aromatic carbocycles. The van der Waals surface area contributed by atoms with Gasteiger partial charge in [-0.05, 0) is 26.2 Å². The Morgan fingerprint density at radius 2 is 1.42 bits per heavy atom. The summed E-state index contributed by atoms with van der Waals surface area (Å²) in [4.78, 5) is 23.8. The molecule has 0 fully saturated rings. The number of amides is 1. The van der Waals surface area contributed by atoms with Crippen molar-refractivity contribution in [2.24, 2.45) is 0 Å². The molecule has 0 rings (SSSR count). The van der Waals surface area contributed by atoms with Crippen molar-refractivity contribution in [1.82, 2.24) is 5.32 Å². The Balaban J connectivity index is 3.70. The number of hydrogen-bond donors (Lipinski definition) is 2. The molecule has 142 valence electrons. The van der Waals surface area contributed by atoms with Crippen LogP contribution in [0.2, 0.25) is 0 Å². The normalized spacial score (nSPS) is 13.5. The van der Waals surface area contributed by atoms with E-state index < -0.39 is 5.60 Å². The average molecular weight is 342 g/mol. The minimum Gasteiger partial charge on any atom is -0.382 e. The Bertz CT molecular complexity index is 340. The van der Waals surface area contributed by atoms with Crippen LogP contribution >= 0.6 is 0 Å². The van der Waals surface area contributed by atoms with E-state index in [0.717, 1.165) is 38.5 Å². The third-order valence-electron chi connectivity index (χ3n) is 4.53. The molecular formula is C20H39NO3. The number of carbonyl (C=O) groups excluding carboxylic acids is 2. The van der Waals surface area contributed by atoms with Crippen LogP contribution < -0.4 is 5.32 Å². The third-order valence-corrected chi connectivity index (χ3v) is 4.53. The smallest absolute Gasteiger partial charge is 0.219 e. The molecule has 0 aliphatic carbocycles. The molecule has 0 heterocycles. The first-order valence-electron chi connectivity index (χ1n) is 9.96. The van der Waals surface area contributed by atoms with Crippen molar-refractivity contribution in [2.75, 3.05) is 6.54 Å². The molecule has 24 heavy (non-hydrogen) atoms. The fourth-order valence-electron chi connectivity index (χ4n) is 2.76. The summed E-state index contributed by atoms with van der Waals surface area (Å²) in [5.41, 5.74) is -1.21. The first-order valence-corrected chi connectivity index (χ1v) is 9.96. The summed E-state index contributed by atoms with van der Waals surface area (Å²) < 4.78 is 0. The van der Waals surface area contributed by atoms with Gasteiger partial charge in [0, 0.05) is 19.4 Å². The SMILES string of the molecule is CCCCCCCC(=O)NCCCC(=O)C(C)(O)CCCCCC. The van der Waals surface area contributed by atoms with Crippen molar-refractivity contribution in [1.29, 1.82) is 0 Å². The molecule has 0 spiro atoms. The number of hydrogen-bond acceptors (Lipinski definition) is 3. The molecule has 4 nitrogen and oxygen atoms in total. The van der Waals surface area contributed by atoms with Gasteiger partial charge in [0.25, 0.3) is 0 Å². The predicted molar refractivity (Wildman–Crippen MR) is 100 cm³/mol. The van der Waals surface area contributed by atoms with Gasteiger partial charge in [0.1, 0.15) is 5.60 Å². The second-order valence-corrected chi connectivity index (χ2v) is 7.13. The van der Waals surface area contributed by atoms with E-state index in [-0.39, 0.29) is 11.7 Å². The predicted octanol–water partition coefficient (Wildman–Crippen LogP) is 4.53. The van der Waals surface area contributed by atoms with Gasteiger partial charge in [-0.25, -0.2) is 0 Å². The molecule has 0 radical (unpaired) electrons. The number of carbonyl (C=O) groups is 2. The molecule has 0 bridgehead atoms. The summed E-state index contributed by atoms with van der Waals surface area (Å²) >= 11 is 0. The van der Waals surface area contributed by atoms with Crippen LogP contribution in [0.5, 0.6) is 0 Å². The minimum absolute atomic E-state index is 0.0743. The monoisotopic (exact) mass is 341 g/mol. The van der Waals surface area contributed by atoms with Gasteiger partial charge in [-0.3, -0.25) is 9.59 Å². The van der Waals surface area contributed by atoms with E-state index in [1.807, 2.05) is 0 Å². The van der Waals surface area contributed by atoms with Crippen molar-refractivity contribution in [3.8, 4) is 0 Å². The van der Waals surface area contributed by atoms with Crippen LogP contribution in [0.25, 0.3) is 0 Å². The van der Waals surface area contributed by atoms with Crippen molar-refractivity contribution >= 4 is 11.7 Å². The number of rotatable bonds is 16. The highest BCUT2D eigenvalue weighted by Crippen LogP contribution is 2.18. The zero-order valence-electron chi connectivity index (χ0n) is 16.2. The molecule has 0 saturated heterocycles. The van der Waals surface area contributed by atoms with Crippen LogP contribution in [0, 0.1) is 0 Å². The van der Waals surface area contributed by atoms with Crippen molar-refractivity contribution in [3.63, 3.8) is 0 Å². The lowest BCUT2D eigenvalue weighted by Gasteiger charge is -2.21. The molecular weight excluding hydrogens is 302 g/mol. The molecule has 1 unspecified atom stereocenters. The lowest BCUT2D eigenvalue weighted by molar-refractivity contribution is -0.136. The summed E-state index contributed by atoms with van der Waals surface area (Å²) in [6.07, 6.45) is 12.0. The molecule has 4 heteroatoms. The van der Waals surface area contributed by atoms with E-state index >= 15 is 0 Å². The summed E-state index contributed by atoms with van der Waals surface area (Å²) in [7, 11) is 0. The van der Waals surface area contributed by atoms with E-state index in [1.165, 1.54) is 19.3 Å². The van der Waals surface area contributed by atoms with E-state index in [9.17, 15) is 14.7 Å². The van der Waals surface area contributed by atoms with Crippen LogP contribution in [0.3, 0.4) is 0 Å². The van der Waals surface area contributed by atoms with Crippen molar-refractivity contribution in [2.45, 2.75) is 110 Å². The highest BCUT2D eigenvalue weighted by molar-refractivity contribution is 5.86. The molecule has 0 aromatic rings. The lowest BCUT2D eigenvalue weighted by Crippen LogP contribution is -2.35. The van der Waals surface area contributed by atoms with Crippen molar-refractivity contribution < 1.29 is 14.7 Å². The van der Waals surface area contributed by atoms with Gasteiger partial charge in [-0.1, -0.05) is 65.2 Å². The maximum atomic E-state index is 12.1. The number of ketones is 1. The average Bonchev–Trinajstić information content (AvgIpc) is 2.55. The fraction of sp³-hybridized carbons (Fsp3) is 0.900. The zero-order valence-corrected chi connectivity index (χ0v) is 16.2. The largest absolute Gasteiger partial charge is 0.382 e. The molecule has 1 amide bonds. The first-order chi connectivity index (χ1) is 11.4. The van der Waals surface area contributed by atoms with E-state index in [4.69, 9.17) is 0 Å². The Hall–Kier alpha value is -0.900. The number of nitrogens with one attached hydrogen (secondary N) is 1. The van der Waals surface area contributed by atoms with Crippen LogP contribution in [0.4, 0.5) is 0 Å². The molecule has 1 atom stereocenters. The van der Waals surface area contributed by atoms with E-state index in [0.29, 0.717) is 32.2 Å². The Labute approximate surface area is 148 Å². The highest BCUT2D eigenvalue weighted by atomic mass is 16.3. The second-order valence-electron chi connectivity index (χ2n) is 7.13. The van der Waals surface area contributed by atoms with Gasteiger partial charge in [0.15, 0.2) is 5.78 Å². The Morgan fingerprint density at radius 3 is 2.04 bits per heavy atom. The van der Waals surface area contributed by atoms with Gasteiger partial charge in [-0.2, -0.15) is 0 Å². The summed E-state index contributed by atoms with van der Waals surface area (Å²) in [6.45, 7) is 6.46. The van der Waals surface area contributed by atoms with Gasteiger partial charge in [0.05, 0.1) is 0 Å². The quantitative estimate of drug-likeness (QED) is 0.405. The van der Waals surface area contributed by atoms with Crippen LogP contribution in [-0.2, 0) is 9.59 Å². The van der Waals surface area contributed by atoms with E-state index in [2.05, 4.69) is 19.2 Å². The number of Topliss-reactive ketones (excluding diaryl/α,β-unsaturated/α-hetero) is 1. The topological polar surface area (TPSA) is 66.4 Å². The molecule has 0 saturated carbocycles. The summed E-state index contributed by atoms with van der Waals surface area (Å²) in [6, 6.07) is 0. The van der Waals surface area contributed by atoms with Gasteiger partial charge in [0.2, 0.25) is 5.91 Å². The van der Waals surface area contributed by atoms with Gasteiger partial charge in [-0.15, -0.1) is 0 Å². The fourth-order valence-corrected chi connectivity index (χ4v) is 2.76. The number of unbranched alkanes of at least 4 members (excludes halogenated alkanes) is 7. The third kappa shape index (κ3) is 12.5. The Kier molecular flexibility index (Phi) is 13.9. The van der Waals surface area contributed by atoms with E-state index in [1.54, 1.807) is 6.92 Å². The number of aliphatic hydroxyl groups is 1. The van der Waals surface area contributed by atoms with Crippen LogP contribution in [0.15, 0.2) is 0 Å². The van der Waals surface area contributed by atoms with Crippen LogP contribution in [-0.4, -0.2) is 28.9 Å². The molecule has 0 aromatic heterocycles. The molecule has 0 aliphatic rings. The first kappa shape index (κ1) is 23.1. The maximum absolute atomic E-state index is 12.1. The minimum atomic E-state index is -1.21. The maximum Gasteiger partial charge on any atom is 0.219 e. The Morgan fingerprint density at radius 1 is 0.833 bits per heavy atom. The second kappa shape index (κ2) is 14.4. The van der Waals surface area contributed by atoms with Crippen molar-refractivity contribution in [3.05, 3.63) is 0 Å². The highest BCUT2D eigenvalue weighted by Gasteiger charge is 2.28. The molecule has 2 N–H and O–H groups in total. The molecule has 0 aliphatic heterocycles. The van der Waals surface area contributed by atoms with Crippen LogP contribution in [0.1, 0.15) is 104 Å². The zero-order chi connectivity index (χ0) is 18.3. The summed E-state index contributed by atoms with van der Waals surface area (Å²) in [5.74, 6) is -0.0295. The standard InChI is InChI=1S/C20H39NO3/c1-4-6-8-10-11-15-19(23)21-17-13-14-18(22)20(3,24)16-12-9-7-5-2/h24H,4-17H2,1-3H3,(H,21,23).